The quantitative estimate of drug-likeness (QED) is 0.515. The first-order valence-electron chi connectivity index (χ1n) is 9.55. The highest BCUT2D eigenvalue weighted by Crippen LogP contribution is 2.36. The molecule has 1 saturated heterocycles. The Labute approximate surface area is 169 Å². The fraction of sp³-hybridized carbons (Fsp3) is 0.286. The van der Waals surface area contributed by atoms with Gasteiger partial charge in [0.25, 0.3) is 5.91 Å². The van der Waals surface area contributed by atoms with E-state index in [1.165, 1.54) is 5.56 Å². The van der Waals surface area contributed by atoms with Crippen molar-refractivity contribution in [1.82, 2.24) is 10.3 Å². The molecule has 29 heavy (non-hydrogen) atoms. The Morgan fingerprint density at radius 3 is 2.41 bits per heavy atom. The van der Waals surface area contributed by atoms with Gasteiger partial charge in [-0.1, -0.05) is 12.1 Å². The maximum atomic E-state index is 12.1. The lowest BCUT2D eigenvalue weighted by Gasteiger charge is -2.22. The molecule has 2 heterocycles. The van der Waals surface area contributed by atoms with Crippen LogP contribution in [0.1, 0.15) is 34.7 Å². The Morgan fingerprint density at radius 2 is 1.79 bits per heavy atom. The Balaban J connectivity index is 1.79. The van der Waals surface area contributed by atoms with Crippen LogP contribution in [0.4, 0.5) is 5.69 Å². The average Bonchev–Trinajstić information content (AvgIpc) is 3.11. The third kappa shape index (κ3) is 4.13. The van der Waals surface area contributed by atoms with Gasteiger partial charge < -0.3 is 16.0 Å². The molecule has 152 valence electrons. The van der Waals surface area contributed by atoms with Crippen LogP contribution in [0.5, 0.6) is 0 Å². The van der Waals surface area contributed by atoms with E-state index in [0.29, 0.717) is 17.2 Å². The second-order valence-corrected chi connectivity index (χ2v) is 9.28. The number of hydrogen-bond acceptors (Lipinski definition) is 4. The number of amides is 1. The van der Waals surface area contributed by atoms with Gasteiger partial charge in [-0.05, 0) is 72.8 Å². The summed E-state index contributed by atoms with van der Waals surface area (Å²) < 4.78 is 25.3. The SMILES string of the molecule is CS(=O)(=O)Nc1ccc(-c2cc(C(N)=O)c3[nH]cc(C4CCNCC4)c3c2)cc1. The van der Waals surface area contributed by atoms with Gasteiger partial charge in [-0.3, -0.25) is 9.52 Å². The molecular weight excluding hydrogens is 388 g/mol. The van der Waals surface area contributed by atoms with E-state index in [1.54, 1.807) is 18.2 Å². The number of aromatic nitrogens is 1. The first kappa shape index (κ1) is 19.5. The van der Waals surface area contributed by atoms with Gasteiger partial charge in [0, 0.05) is 17.3 Å². The Kier molecular flexibility index (Phi) is 5.06. The van der Waals surface area contributed by atoms with Crippen LogP contribution in [-0.4, -0.2) is 38.7 Å². The molecule has 1 amide bonds. The van der Waals surface area contributed by atoms with Crippen LogP contribution in [-0.2, 0) is 10.0 Å². The molecule has 0 saturated carbocycles. The zero-order valence-electron chi connectivity index (χ0n) is 16.2. The second kappa shape index (κ2) is 7.53. The van der Waals surface area contributed by atoms with Gasteiger partial charge in [-0.2, -0.15) is 0 Å². The molecule has 8 heteroatoms. The zero-order valence-corrected chi connectivity index (χ0v) is 17.0. The van der Waals surface area contributed by atoms with Crippen LogP contribution in [0.15, 0.2) is 42.6 Å². The number of nitrogens with two attached hydrogens (primary N) is 1. The summed E-state index contributed by atoms with van der Waals surface area (Å²) in [7, 11) is -3.33. The smallest absolute Gasteiger partial charge is 0.250 e. The number of aromatic amines is 1. The van der Waals surface area contributed by atoms with Gasteiger partial charge in [0.1, 0.15) is 0 Å². The summed E-state index contributed by atoms with van der Waals surface area (Å²) in [5.74, 6) is -0.0479. The standard InChI is InChI=1S/C21H24N4O3S/c1-29(27,28)25-16-4-2-13(3-5-16)15-10-17-19(14-6-8-23-9-7-14)12-24-20(17)18(11-15)21(22)26/h2-5,10-12,14,23-25H,6-9H2,1H3,(H2,22,26). The highest BCUT2D eigenvalue weighted by molar-refractivity contribution is 7.92. The molecule has 0 unspecified atom stereocenters. The summed E-state index contributed by atoms with van der Waals surface area (Å²) in [4.78, 5) is 15.4. The molecular formula is C21H24N4O3S. The Morgan fingerprint density at radius 1 is 1.10 bits per heavy atom. The predicted molar refractivity (Wildman–Crippen MR) is 116 cm³/mol. The highest BCUT2D eigenvalue weighted by Gasteiger charge is 2.21. The number of hydrogen-bond donors (Lipinski definition) is 4. The molecule has 1 aliphatic heterocycles. The third-order valence-electron chi connectivity index (χ3n) is 5.39. The lowest BCUT2D eigenvalue weighted by Crippen LogP contribution is -2.26. The number of piperidine rings is 1. The molecule has 0 spiro atoms. The summed E-state index contributed by atoms with van der Waals surface area (Å²) in [5, 5.41) is 4.40. The molecule has 1 aromatic heterocycles. The number of rotatable bonds is 5. The monoisotopic (exact) mass is 412 g/mol. The van der Waals surface area contributed by atoms with Crippen LogP contribution in [0.25, 0.3) is 22.0 Å². The second-order valence-electron chi connectivity index (χ2n) is 7.53. The van der Waals surface area contributed by atoms with E-state index in [0.717, 1.165) is 54.2 Å². The van der Waals surface area contributed by atoms with Gasteiger partial charge in [-0.25, -0.2) is 8.42 Å². The van der Waals surface area contributed by atoms with E-state index in [4.69, 9.17) is 5.73 Å². The van der Waals surface area contributed by atoms with Crippen molar-refractivity contribution in [2.75, 3.05) is 24.1 Å². The molecule has 0 radical (unpaired) electrons. The normalized spacial score (nSPS) is 15.5. The minimum absolute atomic E-state index is 0.433. The van der Waals surface area contributed by atoms with Crippen molar-refractivity contribution in [3.63, 3.8) is 0 Å². The van der Waals surface area contributed by atoms with Gasteiger partial charge in [-0.15, -0.1) is 0 Å². The van der Waals surface area contributed by atoms with Crippen molar-refractivity contribution >= 4 is 32.5 Å². The molecule has 5 N–H and O–H groups in total. The number of H-pyrrole nitrogens is 1. The van der Waals surface area contributed by atoms with Crippen LogP contribution in [0.3, 0.4) is 0 Å². The first-order chi connectivity index (χ1) is 13.8. The van der Waals surface area contributed by atoms with Gasteiger partial charge in [0.05, 0.1) is 17.3 Å². The topological polar surface area (TPSA) is 117 Å². The fourth-order valence-electron chi connectivity index (χ4n) is 4.03. The molecule has 1 fully saturated rings. The van der Waals surface area contributed by atoms with Gasteiger partial charge in [0.2, 0.25) is 10.0 Å². The van der Waals surface area contributed by atoms with Crippen molar-refractivity contribution in [3.8, 4) is 11.1 Å². The van der Waals surface area contributed by atoms with E-state index >= 15 is 0 Å². The number of benzene rings is 2. The molecule has 4 rings (SSSR count). The van der Waals surface area contributed by atoms with Gasteiger partial charge in [0.15, 0.2) is 0 Å². The van der Waals surface area contributed by atoms with E-state index in [2.05, 4.69) is 21.1 Å². The zero-order chi connectivity index (χ0) is 20.6. The molecule has 0 bridgehead atoms. The highest BCUT2D eigenvalue weighted by atomic mass is 32.2. The Bertz CT molecular complexity index is 1160. The number of anilines is 1. The van der Waals surface area contributed by atoms with Gasteiger partial charge >= 0.3 is 0 Å². The lowest BCUT2D eigenvalue weighted by molar-refractivity contribution is 0.100. The fourth-order valence-corrected chi connectivity index (χ4v) is 4.59. The van der Waals surface area contributed by atoms with E-state index in [-0.39, 0.29) is 0 Å². The van der Waals surface area contributed by atoms with Crippen molar-refractivity contribution in [2.24, 2.45) is 5.73 Å². The summed E-state index contributed by atoms with van der Waals surface area (Å²) >= 11 is 0. The largest absolute Gasteiger partial charge is 0.366 e. The van der Waals surface area contributed by atoms with E-state index < -0.39 is 15.9 Å². The molecule has 2 aromatic carbocycles. The number of primary amides is 1. The molecule has 0 aliphatic carbocycles. The van der Waals surface area contributed by atoms with Crippen LogP contribution >= 0.6 is 0 Å². The average molecular weight is 413 g/mol. The molecule has 3 aromatic rings. The van der Waals surface area contributed by atoms with Crippen molar-refractivity contribution < 1.29 is 13.2 Å². The van der Waals surface area contributed by atoms with Crippen LogP contribution in [0, 0.1) is 0 Å². The number of fused-ring (bicyclic) bond motifs is 1. The third-order valence-corrected chi connectivity index (χ3v) is 5.99. The van der Waals surface area contributed by atoms with Crippen molar-refractivity contribution in [3.05, 3.63) is 53.7 Å². The Hall–Kier alpha value is -2.84. The minimum atomic E-state index is -3.33. The summed E-state index contributed by atoms with van der Waals surface area (Å²) in [5.41, 5.74) is 10.3. The predicted octanol–water partition coefficient (Wildman–Crippen LogP) is 2.77. The summed E-state index contributed by atoms with van der Waals surface area (Å²) in [6.45, 7) is 1.96. The number of nitrogens with one attached hydrogen (secondary N) is 3. The molecule has 0 atom stereocenters. The number of carbonyl (C=O) groups excluding carboxylic acids is 1. The summed E-state index contributed by atoms with van der Waals surface area (Å²) in [6.07, 6.45) is 5.21. The maximum absolute atomic E-state index is 12.1. The van der Waals surface area contributed by atoms with Crippen molar-refractivity contribution in [2.45, 2.75) is 18.8 Å². The van der Waals surface area contributed by atoms with Crippen molar-refractivity contribution in [1.29, 1.82) is 0 Å². The van der Waals surface area contributed by atoms with E-state index in [1.807, 2.05) is 18.3 Å². The van der Waals surface area contributed by atoms with Crippen LogP contribution < -0.4 is 15.8 Å². The summed E-state index contributed by atoms with van der Waals surface area (Å²) in [6, 6.07) is 10.9. The molecule has 7 nitrogen and oxygen atoms in total. The number of sulfonamides is 1. The lowest BCUT2D eigenvalue weighted by atomic mass is 9.88. The number of carbonyl (C=O) groups is 1. The maximum Gasteiger partial charge on any atom is 0.250 e. The first-order valence-corrected chi connectivity index (χ1v) is 11.4. The van der Waals surface area contributed by atoms with Crippen LogP contribution in [0.2, 0.25) is 0 Å². The minimum Gasteiger partial charge on any atom is -0.366 e. The molecule has 1 aliphatic rings. The van der Waals surface area contributed by atoms with E-state index in [9.17, 15) is 13.2 Å².